The number of aromatic nitrogens is 2. The Balaban J connectivity index is 2.82. The molecule has 2 aromatic rings. The lowest BCUT2D eigenvalue weighted by Gasteiger charge is -2.08. The van der Waals surface area contributed by atoms with Gasteiger partial charge in [-0.1, -0.05) is 6.07 Å². The van der Waals surface area contributed by atoms with Gasteiger partial charge in [0.2, 0.25) is 0 Å². The minimum absolute atomic E-state index is 0.0889. The molecule has 0 aliphatic rings. The number of hydrogen-bond donors (Lipinski definition) is 0. The first-order valence-electron chi connectivity index (χ1n) is 5.31. The Bertz CT molecular complexity index is 732. The largest absolute Gasteiger partial charge is 0.435 e. The van der Waals surface area contributed by atoms with Gasteiger partial charge >= 0.3 is 6.18 Å². The van der Waals surface area contributed by atoms with Crippen molar-refractivity contribution in [3.63, 3.8) is 0 Å². The zero-order valence-electron chi connectivity index (χ0n) is 10.2. The summed E-state index contributed by atoms with van der Waals surface area (Å²) in [6, 6.07) is 4.58. The molecule has 0 unspecified atom stereocenters. The van der Waals surface area contributed by atoms with Gasteiger partial charge in [0.25, 0.3) is 0 Å². The number of pyridine rings is 1. The first-order valence-corrected chi connectivity index (χ1v) is 7.37. The minimum Gasteiger partial charge on any atom is -0.300 e. The van der Waals surface area contributed by atoms with E-state index < -0.39 is 27.5 Å². The number of nitrogens with zero attached hydrogens (tertiary/aromatic N) is 2. The third-order valence-corrected chi connectivity index (χ3v) is 3.40. The van der Waals surface area contributed by atoms with Gasteiger partial charge in [0.05, 0.1) is 11.4 Å². The number of aryl methyl sites for hydroxylation is 1. The Morgan fingerprint density at radius 1 is 1.32 bits per heavy atom. The number of fused-ring (bicyclic) bond motifs is 1. The van der Waals surface area contributed by atoms with E-state index in [-0.39, 0.29) is 11.3 Å². The number of halogens is 3. The van der Waals surface area contributed by atoms with Crippen LogP contribution < -0.4 is 0 Å². The number of alkyl halides is 3. The Labute approximate surface area is 107 Å². The highest BCUT2D eigenvalue weighted by Crippen LogP contribution is 2.33. The van der Waals surface area contributed by atoms with Gasteiger partial charge in [-0.15, -0.1) is 0 Å². The van der Waals surface area contributed by atoms with E-state index in [1.165, 1.54) is 10.5 Å². The second-order valence-electron chi connectivity index (χ2n) is 4.34. The Kier molecular flexibility index (Phi) is 3.08. The lowest BCUT2D eigenvalue weighted by Crippen LogP contribution is -2.13. The van der Waals surface area contributed by atoms with Crippen molar-refractivity contribution in [3.05, 3.63) is 35.3 Å². The van der Waals surface area contributed by atoms with Crippen molar-refractivity contribution < 1.29 is 21.6 Å². The summed E-state index contributed by atoms with van der Waals surface area (Å²) >= 11 is 0. The molecule has 8 heteroatoms. The molecule has 0 fully saturated rings. The van der Waals surface area contributed by atoms with Crippen molar-refractivity contribution in [1.82, 2.24) is 9.38 Å². The fourth-order valence-electron chi connectivity index (χ4n) is 1.93. The molecule has 0 aromatic carbocycles. The summed E-state index contributed by atoms with van der Waals surface area (Å²) in [5.74, 6) is -0.701. The smallest absolute Gasteiger partial charge is 0.300 e. The van der Waals surface area contributed by atoms with E-state index >= 15 is 0 Å². The van der Waals surface area contributed by atoms with Crippen LogP contribution in [-0.2, 0) is 21.8 Å². The first kappa shape index (κ1) is 13.9. The second kappa shape index (κ2) is 4.22. The summed E-state index contributed by atoms with van der Waals surface area (Å²) < 4.78 is 62.6. The van der Waals surface area contributed by atoms with E-state index in [1.54, 1.807) is 19.1 Å². The standard InChI is InChI=1S/C11H11F3N2O2S/c1-7-4-3-5-9-15-10(11(12,13)14)8(16(7)9)6-19(2,17)18/h3-5H,6H2,1-2H3. The van der Waals surface area contributed by atoms with Crippen LogP contribution in [0.2, 0.25) is 0 Å². The summed E-state index contributed by atoms with van der Waals surface area (Å²) in [5, 5.41) is 0. The van der Waals surface area contributed by atoms with Crippen molar-refractivity contribution in [1.29, 1.82) is 0 Å². The van der Waals surface area contributed by atoms with Gasteiger partial charge in [-0.25, -0.2) is 13.4 Å². The molecule has 0 N–H and O–H groups in total. The lowest BCUT2D eigenvalue weighted by atomic mass is 10.3. The van der Waals surface area contributed by atoms with Crippen molar-refractivity contribution in [2.24, 2.45) is 0 Å². The maximum Gasteiger partial charge on any atom is 0.435 e. The summed E-state index contributed by atoms with van der Waals surface area (Å²) in [6.07, 6.45) is -3.79. The molecule has 19 heavy (non-hydrogen) atoms. The van der Waals surface area contributed by atoms with Gasteiger partial charge in [0, 0.05) is 11.9 Å². The lowest BCUT2D eigenvalue weighted by molar-refractivity contribution is -0.141. The molecule has 0 saturated heterocycles. The Morgan fingerprint density at radius 3 is 2.47 bits per heavy atom. The van der Waals surface area contributed by atoms with E-state index in [0.29, 0.717) is 5.69 Å². The van der Waals surface area contributed by atoms with Crippen molar-refractivity contribution in [2.75, 3.05) is 6.26 Å². The van der Waals surface area contributed by atoms with Crippen molar-refractivity contribution in [3.8, 4) is 0 Å². The van der Waals surface area contributed by atoms with Crippen LogP contribution in [0.5, 0.6) is 0 Å². The van der Waals surface area contributed by atoms with Crippen LogP contribution in [0.1, 0.15) is 17.1 Å². The summed E-state index contributed by atoms with van der Waals surface area (Å²) in [7, 11) is -3.60. The summed E-state index contributed by atoms with van der Waals surface area (Å²) in [6.45, 7) is 1.60. The number of hydrogen-bond acceptors (Lipinski definition) is 3. The van der Waals surface area contributed by atoms with Gasteiger partial charge in [-0.2, -0.15) is 13.2 Å². The highest BCUT2D eigenvalue weighted by Gasteiger charge is 2.38. The molecular weight excluding hydrogens is 281 g/mol. The predicted molar refractivity (Wildman–Crippen MR) is 63.5 cm³/mol. The van der Waals surface area contributed by atoms with Crippen molar-refractivity contribution in [2.45, 2.75) is 18.9 Å². The molecular formula is C11H11F3N2O2S. The average Bonchev–Trinajstić information content (AvgIpc) is 2.55. The van der Waals surface area contributed by atoms with E-state index in [0.717, 1.165) is 6.26 Å². The molecule has 0 atom stereocenters. The molecule has 0 radical (unpaired) electrons. The van der Waals surface area contributed by atoms with E-state index in [1.807, 2.05) is 0 Å². The zero-order chi connectivity index (χ0) is 14.4. The van der Waals surface area contributed by atoms with Gasteiger partial charge in [-0.05, 0) is 19.1 Å². The highest BCUT2D eigenvalue weighted by atomic mass is 32.2. The number of sulfone groups is 1. The molecule has 0 aliphatic heterocycles. The molecule has 0 bridgehead atoms. The molecule has 0 aliphatic carbocycles. The van der Waals surface area contributed by atoms with Gasteiger partial charge < -0.3 is 0 Å². The van der Waals surface area contributed by atoms with E-state index in [4.69, 9.17) is 0 Å². The summed E-state index contributed by atoms with van der Waals surface area (Å²) in [5.41, 5.74) is -0.902. The quantitative estimate of drug-likeness (QED) is 0.852. The molecule has 104 valence electrons. The monoisotopic (exact) mass is 292 g/mol. The van der Waals surface area contributed by atoms with E-state index in [2.05, 4.69) is 4.98 Å². The van der Waals surface area contributed by atoms with Crippen molar-refractivity contribution >= 4 is 15.5 Å². The second-order valence-corrected chi connectivity index (χ2v) is 6.48. The highest BCUT2D eigenvalue weighted by molar-refractivity contribution is 7.89. The molecule has 2 aromatic heterocycles. The Morgan fingerprint density at radius 2 is 1.95 bits per heavy atom. The van der Waals surface area contributed by atoms with Crippen LogP contribution in [-0.4, -0.2) is 24.1 Å². The predicted octanol–water partition coefficient (Wildman–Crippen LogP) is 2.21. The normalized spacial score (nSPS) is 13.1. The summed E-state index contributed by atoms with van der Waals surface area (Å²) in [4.78, 5) is 3.50. The maximum absolute atomic E-state index is 12.9. The number of imidazole rings is 1. The van der Waals surface area contributed by atoms with Gasteiger partial charge in [0.15, 0.2) is 15.5 Å². The van der Waals surface area contributed by atoms with Crippen LogP contribution in [0.3, 0.4) is 0 Å². The molecule has 4 nitrogen and oxygen atoms in total. The van der Waals surface area contributed by atoms with Crippen LogP contribution in [0.25, 0.3) is 5.65 Å². The third-order valence-electron chi connectivity index (χ3n) is 2.60. The van der Waals surface area contributed by atoms with Gasteiger partial charge in [0.1, 0.15) is 5.65 Å². The SMILES string of the molecule is Cc1cccc2nc(C(F)(F)F)c(CS(C)(=O)=O)n12. The maximum atomic E-state index is 12.9. The number of rotatable bonds is 2. The zero-order valence-corrected chi connectivity index (χ0v) is 11.0. The van der Waals surface area contributed by atoms with Crippen LogP contribution >= 0.6 is 0 Å². The molecule has 2 heterocycles. The molecule has 0 amide bonds. The van der Waals surface area contributed by atoms with Gasteiger partial charge in [-0.3, -0.25) is 4.40 Å². The fourth-order valence-corrected chi connectivity index (χ4v) is 2.70. The average molecular weight is 292 g/mol. The van der Waals surface area contributed by atoms with E-state index in [9.17, 15) is 21.6 Å². The van der Waals surface area contributed by atoms with Crippen LogP contribution in [0, 0.1) is 6.92 Å². The minimum atomic E-state index is -4.68. The topological polar surface area (TPSA) is 51.4 Å². The molecule has 0 spiro atoms. The molecule has 2 rings (SSSR count). The fraction of sp³-hybridized carbons (Fsp3) is 0.364. The van der Waals surface area contributed by atoms with Crippen LogP contribution in [0.15, 0.2) is 18.2 Å². The first-order chi connectivity index (χ1) is 8.59. The van der Waals surface area contributed by atoms with Crippen LogP contribution in [0.4, 0.5) is 13.2 Å². The third kappa shape index (κ3) is 2.73. The molecule has 0 saturated carbocycles. The Hall–Kier alpha value is -1.57.